The second kappa shape index (κ2) is 11.1. The molecule has 10 heteroatoms. The summed E-state index contributed by atoms with van der Waals surface area (Å²) < 4.78 is 14.2. The Hall–Kier alpha value is -3.82. The highest BCUT2D eigenvalue weighted by Crippen LogP contribution is 2.43. The van der Waals surface area contributed by atoms with Crippen LogP contribution in [0.3, 0.4) is 0 Å². The maximum absolute atomic E-state index is 13.8. The SMILES string of the molecule is COc1cc(C2C(C(=O)Nc3ccc(C)cc3C)=C(C)Nc3ncnn32)cc(Br)c1OCc1ccc(Cl)cc1. The van der Waals surface area contributed by atoms with Gasteiger partial charge < -0.3 is 20.1 Å². The average molecular weight is 609 g/mol. The van der Waals surface area contributed by atoms with Gasteiger partial charge in [-0.1, -0.05) is 41.4 Å². The van der Waals surface area contributed by atoms with Gasteiger partial charge in [0.2, 0.25) is 5.95 Å². The van der Waals surface area contributed by atoms with Crippen LogP contribution < -0.4 is 20.1 Å². The Bertz CT molecular complexity index is 1580. The number of allylic oxidation sites excluding steroid dienone is 1. The maximum atomic E-state index is 13.8. The molecule has 1 atom stereocenters. The number of nitrogens with zero attached hydrogens (tertiary/aromatic N) is 3. The normalized spacial score (nSPS) is 14.5. The summed E-state index contributed by atoms with van der Waals surface area (Å²) >= 11 is 9.67. The molecule has 0 saturated carbocycles. The topological polar surface area (TPSA) is 90.3 Å². The van der Waals surface area contributed by atoms with E-state index in [4.69, 9.17) is 21.1 Å². The van der Waals surface area contributed by atoms with E-state index in [0.717, 1.165) is 27.9 Å². The molecule has 1 aliphatic rings. The first-order chi connectivity index (χ1) is 18.7. The monoisotopic (exact) mass is 607 g/mol. The number of fused-ring (bicyclic) bond motifs is 1. The van der Waals surface area contributed by atoms with Crippen molar-refractivity contribution in [3.05, 3.63) is 104 Å². The molecule has 0 aliphatic carbocycles. The summed E-state index contributed by atoms with van der Waals surface area (Å²) in [5, 5.41) is 11.4. The minimum Gasteiger partial charge on any atom is -0.493 e. The number of nitrogens with one attached hydrogen (secondary N) is 2. The van der Waals surface area contributed by atoms with Gasteiger partial charge in [-0.15, -0.1) is 0 Å². The van der Waals surface area contributed by atoms with Gasteiger partial charge in [-0.05, 0) is 83.7 Å². The number of anilines is 2. The van der Waals surface area contributed by atoms with Crippen molar-refractivity contribution in [2.45, 2.75) is 33.4 Å². The van der Waals surface area contributed by atoms with Gasteiger partial charge >= 0.3 is 0 Å². The molecular formula is C29H27BrClN5O3. The number of ether oxygens (including phenoxy) is 2. The molecule has 2 heterocycles. The van der Waals surface area contributed by atoms with Crippen LogP contribution in [0.15, 0.2) is 76.7 Å². The fourth-order valence-electron chi connectivity index (χ4n) is 4.61. The van der Waals surface area contributed by atoms with E-state index >= 15 is 0 Å². The van der Waals surface area contributed by atoms with E-state index in [1.165, 1.54) is 6.33 Å². The van der Waals surface area contributed by atoms with Crippen LogP contribution in [0.1, 0.15) is 35.2 Å². The van der Waals surface area contributed by atoms with Crippen molar-refractivity contribution in [1.29, 1.82) is 0 Å². The molecule has 0 spiro atoms. The van der Waals surface area contributed by atoms with Crippen molar-refractivity contribution in [3.63, 3.8) is 0 Å². The molecule has 3 aromatic carbocycles. The van der Waals surface area contributed by atoms with Gasteiger partial charge in [0.25, 0.3) is 5.91 Å². The molecule has 1 aliphatic heterocycles. The fourth-order valence-corrected chi connectivity index (χ4v) is 5.31. The number of carbonyl (C=O) groups is 1. The number of halogens is 2. The van der Waals surface area contributed by atoms with Crippen molar-refractivity contribution in [3.8, 4) is 11.5 Å². The van der Waals surface area contributed by atoms with E-state index in [1.54, 1.807) is 11.8 Å². The standard InChI is InChI=1S/C29H27BrClN5O3/c1-16-5-10-23(17(2)11-16)35-28(37)25-18(3)34-29-32-15-33-36(29)26(25)20-12-22(30)27(24(13-20)38-4)39-14-19-6-8-21(31)9-7-19/h5-13,15,26H,14H2,1-4H3,(H,35,37)(H,32,33,34). The third-order valence-electron chi connectivity index (χ3n) is 6.53. The minimum absolute atomic E-state index is 0.240. The summed E-state index contributed by atoms with van der Waals surface area (Å²) in [5.74, 6) is 1.36. The Morgan fingerprint density at radius 3 is 2.62 bits per heavy atom. The quantitative estimate of drug-likeness (QED) is 0.239. The molecule has 200 valence electrons. The third-order valence-corrected chi connectivity index (χ3v) is 7.37. The smallest absolute Gasteiger partial charge is 0.255 e. The van der Waals surface area contributed by atoms with E-state index in [1.807, 2.05) is 75.4 Å². The molecule has 0 bridgehead atoms. The van der Waals surface area contributed by atoms with Crippen LogP contribution in [-0.4, -0.2) is 27.8 Å². The molecule has 1 amide bonds. The van der Waals surface area contributed by atoms with E-state index in [0.29, 0.717) is 44.8 Å². The second-order valence-electron chi connectivity index (χ2n) is 9.32. The lowest BCUT2D eigenvalue weighted by atomic mass is 9.94. The Balaban J connectivity index is 1.51. The molecule has 4 aromatic rings. The van der Waals surface area contributed by atoms with Crippen LogP contribution in [0.5, 0.6) is 11.5 Å². The first-order valence-corrected chi connectivity index (χ1v) is 13.4. The third kappa shape index (κ3) is 5.51. The van der Waals surface area contributed by atoms with Gasteiger partial charge in [0.1, 0.15) is 19.0 Å². The summed E-state index contributed by atoms with van der Waals surface area (Å²) in [6, 6.07) is 16.6. The minimum atomic E-state index is -0.565. The first-order valence-electron chi connectivity index (χ1n) is 12.3. The summed E-state index contributed by atoms with van der Waals surface area (Å²) in [5.41, 5.74) is 5.79. The molecule has 0 fully saturated rings. The molecule has 1 unspecified atom stereocenters. The van der Waals surface area contributed by atoms with Gasteiger partial charge in [0.15, 0.2) is 11.5 Å². The zero-order valence-corrected chi connectivity index (χ0v) is 24.2. The summed E-state index contributed by atoms with van der Waals surface area (Å²) in [7, 11) is 1.58. The second-order valence-corrected chi connectivity index (χ2v) is 10.6. The maximum Gasteiger partial charge on any atom is 0.255 e. The number of benzene rings is 3. The van der Waals surface area contributed by atoms with E-state index in [9.17, 15) is 4.79 Å². The number of hydrogen-bond donors (Lipinski definition) is 2. The number of rotatable bonds is 7. The number of amides is 1. The van der Waals surface area contributed by atoms with Crippen LogP contribution in [0.25, 0.3) is 0 Å². The number of hydrogen-bond acceptors (Lipinski definition) is 6. The van der Waals surface area contributed by atoms with Gasteiger partial charge in [0.05, 0.1) is 17.2 Å². The number of aromatic nitrogens is 3. The largest absolute Gasteiger partial charge is 0.493 e. The van der Waals surface area contributed by atoms with E-state index < -0.39 is 6.04 Å². The number of methoxy groups -OCH3 is 1. The summed E-state index contributed by atoms with van der Waals surface area (Å²) in [6.07, 6.45) is 1.46. The molecular weight excluding hydrogens is 582 g/mol. The predicted octanol–water partition coefficient (Wildman–Crippen LogP) is 6.83. The highest BCUT2D eigenvalue weighted by molar-refractivity contribution is 9.10. The van der Waals surface area contributed by atoms with Gasteiger partial charge in [-0.3, -0.25) is 4.79 Å². The lowest BCUT2D eigenvalue weighted by Crippen LogP contribution is -2.31. The van der Waals surface area contributed by atoms with Gasteiger partial charge in [0, 0.05) is 16.4 Å². The van der Waals surface area contributed by atoms with Gasteiger partial charge in [-0.2, -0.15) is 10.1 Å². The van der Waals surface area contributed by atoms with Crippen molar-refractivity contribution < 1.29 is 14.3 Å². The Morgan fingerprint density at radius 1 is 1.13 bits per heavy atom. The zero-order chi connectivity index (χ0) is 27.7. The van der Waals surface area contributed by atoms with Crippen LogP contribution in [-0.2, 0) is 11.4 Å². The van der Waals surface area contributed by atoms with E-state index in [2.05, 4.69) is 36.6 Å². The van der Waals surface area contributed by atoms with Crippen LogP contribution in [0.4, 0.5) is 11.6 Å². The predicted molar refractivity (Wildman–Crippen MR) is 156 cm³/mol. The average Bonchev–Trinajstić information content (AvgIpc) is 3.37. The Kier molecular flexibility index (Phi) is 7.63. The van der Waals surface area contributed by atoms with Crippen LogP contribution in [0.2, 0.25) is 5.02 Å². The lowest BCUT2D eigenvalue weighted by molar-refractivity contribution is -0.113. The number of aryl methyl sites for hydroxylation is 2. The van der Waals surface area contributed by atoms with Crippen molar-refractivity contribution in [2.75, 3.05) is 17.7 Å². The molecule has 0 saturated heterocycles. The lowest BCUT2D eigenvalue weighted by Gasteiger charge is -2.29. The molecule has 1 aromatic heterocycles. The fraction of sp³-hybridized carbons (Fsp3) is 0.207. The molecule has 8 nitrogen and oxygen atoms in total. The Morgan fingerprint density at radius 2 is 1.90 bits per heavy atom. The van der Waals surface area contributed by atoms with E-state index in [-0.39, 0.29) is 5.91 Å². The molecule has 5 rings (SSSR count). The van der Waals surface area contributed by atoms with Crippen molar-refractivity contribution in [1.82, 2.24) is 14.8 Å². The highest BCUT2D eigenvalue weighted by Gasteiger charge is 2.34. The number of carbonyl (C=O) groups excluding carboxylic acids is 1. The molecule has 2 N–H and O–H groups in total. The molecule has 0 radical (unpaired) electrons. The Labute approximate surface area is 240 Å². The first kappa shape index (κ1) is 26.8. The van der Waals surface area contributed by atoms with Crippen molar-refractivity contribution in [2.24, 2.45) is 0 Å². The van der Waals surface area contributed by atoms with Crippen LogP contribution >= 0.6 is 27.5 Å². The highest BCUT2D eigenvalue weighted by atomic mass is 79.9. The summed E-state index contributed by atoms with van der Waals surface area (Å²) in [6.45, 7) is 6.18. The molecule has 39 heavy (non-hydrogen) atoms. The summed E-state index contributed by atoms with van der Waals surface area (Å²) in [4.78, 5) is 18.1. The zero-order valence-electron chi connectivity index (χ0n) is 21.9. The van der Waals surface area contributed by atoms with Gasteiger partial charge in [-0.25, -0.2) is 4.68 Å². The van der Waals surface area contributed by atoms with Crippen LogP contribution in [0, 0.1) is 13.8 Å². The van der Waals surface area contributed by atoms with Crippen molar-refractivity contribution >= 4 is 45.1 Å².